The summed E-state index contributed by atoms with van der Waals surface area (Å²) < 4.78 is 0. The molecule has 2 heterocycles. The number of carbonyl (C=O) groups excluding carboxylic acids is 1. The van der Waals surface area contributed by atoms with E-state index in [-0.39, 0.29) is 5.91 Å². The van der Waals surface area contributed by atoms with E-state index in [2.05, 4.69) is 20.8 Å². The lowest BCUT2D eigenvalue weighted by molar-refractivity contribution is -0.118. The van der Waals surface area contributed by atoms with Crippen molar-refractivity contribution in [3.05, 3.63) is 16.8 Å². The fourth-order valence-electron chi connectivity index (χ4n) is 2.33. The highest BCUT2D eigenvalue weighted by Crippen LogP contribution is 2.37. The number of hydrazine groups is 1. The second-order valence-electron chi connectivity index (χ2n) is 4.42. The Morgan fingerprint density at radius 3 is 3.00 bits per heavy atom. The Balaban J connectivity index is 2.08. The highest BCUT2D eigenvalue weighted by molar-refractivity contribution is 7.19. The Morgan fingerprint density at radius 1 is 1.33 bits per heavy atom. The van der Waals surface area contributed by atoms with Gasteiger partial charge in [0.2, 0.25) is 5.91 Å². The summed E-state index contributed by atoms with van der Waals surface area (Å²) in [5, 5.41) is 1.07. The number of aryl methyl sites for hydroxylation is 2. The van der Waals surface area contributed by atoms with Gasteiger partial charge < -0.3 is 0 Å². The van der Waals surface area contributed by atoms with E-state index in [0.29, 0.717) is 5.82 Å². The molecule has 94 valence electrons. The zero-order valence-electron chi connectivity index (χ0n) is 10.1. The average Bonchev–Trinajstić information content (AvgIpc) is 2.75. The van der Waals surface area contributed by atoms with Gasteiger partial charge in [-0.2, -0.15) is 0 Å². The van der Waals surface area contributed by atoms with Crippen LogP contribution in [0.5, 0.6) is 0 Å². The summed E-state index contributed by atoms with van der Waals surface area (Å²) in [6.45, 7) is 1.47. The third kappa shape index (κ3) is 1.92. The number of thiophene rings is 1. The number of nitrogens with zero attached hydrogens (tertiary/aromatic N) is 2. The summed E-state index contributed by atoms with van der Waals surface area (Å²) in [4.78, 5) is 21.9. The Morgan fingerprint density at radius 2 is 2.17 bits per heavy atom. The van der Waals surface area contributed by atoms with Crippen molar-refractivity contribution in [3.63, 3.8) is 0 Å². The number of carbonyl (C=O) groups is 1. The third-order valence-electron chi connectivity index (χ3n) is 3.11. The van der Waals surface area contributed by atoms with Crippen LogP contribution in [0.4, 0.5) is 5.82 Å². The summed E-state index contributed by atoms with van der Waals surface area (Å²) in [6, 6.07) is 0. The monoisotopic (exact) mass is 262 g/mol. The van der Waals surface area contributed by atoms with Gasteiger partial charge in [0.25, 0.3) is 0 Å². The average molecular weight is 262 g/mol. The molecular formula is C12H14N4OS. The molecule has 0 radical (unpaired) electrons. The van der Waals surface area contributed by atoms with Crippen LogP contribution in [0.2, 0.25) is 0 Å². The SMILES string of the molecule is CC(=O)NNc1ncnc2sc3c(c12)CCCC3. The van der Waals surface area contributed by atoms with Crippen LogP contribution in [-0.4, -0.2) is 15.9 Å². The summed E-state index contributed by atoms with van der Waals surface area (Å²) in [5.74, 6) is 0.570. The van der Waals surface area contributed by atoms with Crippen LogP contribution in [0.3, 0.4) is 0 Å². The fourth-order valence-corrected chi connectivity index (χ4v) is 3.56. The topological polar surface area (TPSA) is 66.9 Å². The summed E-state index contributed by atoms with van der Waals surface area (Å²) in [6.07, 6.45) is 6.22. The molecule has 3 rings (SSSR count). The van der Waals surface area contributed by atoms with E-state index >= 15 is 0 Å². The fraction of sp³-hybridized carbons (Fsp3) is 0.417. The lowest BCUT2D eigenvalue weighted by Gasteiger charge is -2.12. The highest BCUT2D eigenvalue weighted by Gasteiger charge is 2.19. The van der Waals surface area contributed by atoms with E-state index < -0.39 is 0 Å². The first-order valence-corrected chi connectivity index (χ1v) is 6.85. The van der Waals surface area contributed by atoms with Gasteiger partial charge in [0, 0.05) is 11.8 Å². The number of hydrogen-bond donors (Lipinski definition) is 2. The Kier molecular flexibility index (Phi) is 2.87. The maximum absolute atomic E-state index is 11.0. The molecule has 0 spiro atoms. The molecule has 0 aliphatic heterocycles. The molecule has 0 saturated heterocycles. The predicted molar refractivity (Wildman–Crippen MR) is 71.5 cm³/mol. The van der Waals surface area contributed by atoms with Crippen LogP contribution < -0.4 is 10.9 Å². The summed E-state index contributed by atoms with van der Waals surface area (Å²) in [7, 11) is 0. The Labute approximate surface area is 109 Å². The van der Waals surface area contributed by atoms with Crippen LogP contribution in [0.1, 0.15) is 30.2 Å². The number of fused-ring (bicyclic) bond motifs is 3. The first-order valence-electron chi connectivity index (χ1n) is 6.03. The number of amides is 1. The molecule has 0 unspecified atom stereocenters. The third-order valence-corrected chi connectivity index (χ3v) is 4.31. The minimum absolute atomic E-state index is 0.133. The van der Waals surface area contributed by atoms with Gasteiger partial charge in [-0.15, -0.1) is 11.3 Å². The minimum Gasteiger partial charge on any atom is -0.281 e. The van der Waals surface area contributed by atoms with Gasteiger partial charge in [-0.1, -0.05) is 0 Å². The lowest BCUT2D eigenvalue weighted by Crippen LogP contribution is -2.27. The first kappa shape index (κ1) is 11.4. The Bertz CT molecular complexity index is 607. The molecule has 2 aromatic heterocycles. The van der Waals surface area contributed by atoms with Crippen molar-refractivity contribution in [1.29, 1.82) is 0 Å². The van der Waals surface area contributed by atoms with Gasteiger partial charge in [0.15, 0.2) is 5.82 Å². The van der Waals surface area contributed by atoms with E-state index in [9.17, 15) is 4.79 Å². The van der Waals surface area contributed by atoms with E-state index in [1.165, 1.54) is 36.5 Å². The molecule has 0 saturated carbocycles. The van der Waals surface area contributed by atoms with Crippen molar-refractivity contribution in [2.24, 2.45) is 0 Å². The van der Waals surface area contributed by atoms with Gasteiger partial charge in [-0.05, 0) is 31.2 Å². The second kappa shape index (κ2) is 4.53. The number of hydrogen-bond acceptors (Lipinski definition) is 5. The van der Waals surface area contributed by atoms with Crippen LogP contribution >= 0.6 is 11.3 Å². The Hall–Kier alpha value is -1.69. The smallest absolute Gasteiger partial charge is 0.235 e. The van der Waals surface area contributed by atoms with Gasteiger partial charge in [-0.3, -0.25) is 15.6 Å². The van der Waals surface area contributed by atoms with E-state index in [1.54, 1.807) is 11.3 Å². The van der Waals surface area contributed by atoms with E-state index in [1.807, 2.05) is 0 Å². The quantitative estimate of drug-likeness (QED) is 0.813. The maximum atomic E-state index is 11.0. The summed E-state index contributed by atoms with van der Waals surface area (Å²) in [5.41, 5.74) is 6.81. The zero-order valence-corrected chi connectivity index (χ0v) is 10.9. The predicted octanol–water partition coefficient (Wildman–Crippen LogP) is 2.03. The van der Waals surface area contributed by atoms with Crippen molar-refractivity contribution in [2.45, 2.75) is 32.6 Å². The minimum atomic E-state index is -0.133. The molecule has 0 aromatic carbocycles. The van der Waals surface area contributed by atoms with Gasteiger partial charge in [-0.25, -0.2) is 9.97 Å². The molecule has 2 N–H and O–H groups in total. The number of rotatable bonds is 2. The summed E-state index contributed by atoms with van der Waals surface area (Å²) >= 11 is 1.74. The standard InChI is InChI=1S/C12H14N4OS/c1-7(17)15-16-11-10-8-4-2-3-5-9(8)18-12(10)14-6-13-11/h6H,2-5H2,1H3,(H,15,17)(H,13,14,16). The van der Waals surface area contributed by atoms with Crippen LogP contribution in [0.25, 0.3) is 10.2 Å². The normalized spacial score (nSPS) is 14.3. The van der Waals surface area contributed by atoms with Crippen LogP contribution in [-0.2, 0) is 17.6 Å². The molecular weight excluding hydrogens is 248 g/mol. The van der Waals surface area contributed by atoms with Gasteiger partial charge in [0.05, 0.1) is 5.39 Å². The molecule has 6 heteroatoms. The van der Waals surface area contributed by atoms with E-state index in [0.717, 1.165) is 23.1 Å². The molecule has 0 atom stereocenters. The lowest BCUT2D eigenvalue weighted by atomic mass is 9.97. The first-order chi connectivity index (χ1) is 8.75. The number of aromatic nitrogens is 2. The maximum Gasteiger partial charge on any atom is 0.235 e. The molecule has 0 bridgehead atoms. The highest BCUT2D eigenvalue weighted by atomic mass is 32.1. The number of nitrogens with one attached hydrogen (secondary N) is 2. The van der Waals surface area contributed by atoms with Crippen molar-refractivity contribution in [3.8, 4) is 0 Å². The molecule has 0 fully saturated rings. The van der Waals surface area contributed by atoms with Crippen molar-refractivity contribution in [1.82, 2.24) is 15.4 Å². The molecule has 1 amide bonds. The van der Waals surface area contributed by atoms with Gasteiger partial charge >= 0.3 is 0 Å². The van der Waals surface area contributed by atoms with Gasteiger partial charge in [0.1, 0.15) is 11.2 Å². The van der Waals surface area contributed by atoms with Crippen molar-refractivity contribution in [2.75, 3.05) is 5.43 Å². The van der Waals surface area contributed by atoms with Crippen LogP contribution in [0.15, 0.2) is 6.33 Å². The molecule has 1 aliphatic rings. The molecule has 5 nitrogen and oxygen atoms in total. The van der Waals surface area contributed by atoms with Crippen molar-refractivity contribution < 1.29 is 4.79 Å². The van der Waals surface area contributed by atoms with Crippen molar-refractivity contribution >= 4 is 33.3 Å². The zero-order chi connectivity index (χ0) is 12.5. The largest absolute Gasteiger partial charge is 0.281 e. The number of anilines is 1. The molecule has 18 heavy (non-hydrogen) atoms. The molecule has 2 aromatic rings. The van der Waals surface area contributed by atoms with Crippen LogP contribution in [0, 0.1) is 0 Å². The second-order valence-corrected chi connectivity index (χ2v) is 5.50. The molecule has 1 aliphatic carbocycles. The van der Waals surface area contributed by atoms with E-state index in [4.69, 9.17) is 0 Å².